The third-order valence-corrected chi connectivity index (χ3v) is 7.63. The van der Waals surface area contributed by atoms with Gasteiger partial charge in [0.1, 0.15) is 11.4 Å². The van der Waals surface area contributed by atoms with Gasteiger partial charge in [0.05, 0.1) is 11.1 Å². The van der Waals surface area contributed by atoms with E-state index in [2.05, 4.69) is 6.92 Å². The summed E-state index contributed by atoms with van der Waals surface area (Å²) in [5.41, 5.74) is 0.425. The summed E-state index contributed by atoms with van der Waals surface area (Å²) in [4.78, 5) is 29.1. The average Bonchev–Trinajstić information content (AvgIpc) is 3.03. The van der Waals surface area contributed by atoms with Crippen molar-refractivity contribution >= 4 is 17.7 Å². The van der Waals surface area contributed by atoms with Crippen molar-refractivity contribution in [3.8, 4) is 0 Å². The van der Waals surface area contributed by atoms with Gasteiger partial charge in [0.2, 0.25) is 5.91 Å². The van der Waals surface area contributed by atoms with Gasteiger partial charge >= 0.3 is 6.09 Å². The molecular formula is C26H37FN2O3. The van der Waals surface area contributed by atoms with Crippen LogP contribution < -0.4 is 4.90 Å². The highest BCUT2D eigenvalue weighted by atomic mass is 19.1. The monoisotopic (exact) mass is 444 g/mol. The Balaban J connectivity index is 1.41. The van der Waals surface area contributed by atoms with Gasteiger partial charge in [0.25, 0.3) is 0 Å². The van der Waals surface area contributed by atoms with Crippen LogP contribution in [0.25, 0.3) is 0 Å². The number of benzene rings is 1. The van der Waals surface area contributed by atoms with Crippen LogP contribution in [-0.2, 0) is 9.53 Å². The molecule has 0 radical (unpaired) electrons. The summed E-state index contributed by atoms with van der Waals surface area (Å²) in [6.07, 6.45) is 6.19. The molecule has 0 bridgehead atoms. The Kier molecular flexibility index (Phi) is 6.25. The van der Waals surface area contributed by atoms with E-state index in [1.54, 1.807) is 21.9 Å². The Morgan fingerprint density at radius 1 is 1.06 bits per heavy atom. The largest absolute Gasteiger partial charge is 0.444 e. The maximum atomic E-state index is 15.1. The first-order chi connectivity index (χ1) is 15.1. The molecule has 2 aliphatic heterocycles. The van der Waals surface area contributed by atoms with Gasteiger partial charge in [0.15, 0.2) is 0 Å². The predicted octanol–water partition coefficient (Wildman–Crippen LogP) is 5.87. The first kappa shape index (κ1) is 23.1. The van der Waals surface area contributed by atoms with Gasteiger partial charge in [-0.25, -0.2) is 9.18 Å². The third-order valence-electron chi connectivity index (χ3n) is 7.63. The number of halogens is 1. The number of piperidine rings is 1. The molecule has 3 fully saturated rings. The molecule has 0 aromatic heterocycles. The van der Waals surface area contributed by atoms with Gasteiger partial charge in [-0.15, -0.1) is 0 Å². The topological polar surface area (TPSA) is 49.9 Å². The summed E-state index contributed by atoms with van der Waals surface area (Å²) < 4.78 is 20.6. The molecule has 0 N–H and O–H groups in total. The van der Waals surface area contributed by atoms with E-state index >= 15 is 4.39 Å². The first-order valence-electron chi connectivity index (χ1n) is 12.2. The van der Waals surface area contributed by atoms with E-state index in [0.29, 0.717) is 50.5 Å². The molecule has 176 valence electrons. The minimum absolute atomic E-state index is 0.000482. The van der Waals surface area contributed by atoms with Gasteiger partial charge < -0.3 is 14.5 Å². The predicted molar refractivity (Wildman–Crippen MR) is 123 cm³/mol. The van der Waals surface area contributed by atoms with Gasteiger partial charge in [-0.3, -0.25) is 4.79 Å². The molecule has 0 atom stereocenters. The number of hydrogen-bond acceptors (Lipinski definition) is 3. The van der Waals surface area contributed by atoms with Crippen molar-refractivity contribution in [1.29, 1.82) is 0 Å². The van der Waals surface area contributed by atoms with Crippen LogP contribution >= 0.6 is 0 Å². The lowest BCUT2D eigenvalue weighted by Crippen LogP contribution is -2.48. The van der Waals surface area contributed by atoms with E-state index in [9.17, 15) is 9.59 Å². The second-order valence-corrected chi connectivity index (χ2v) is 11.1. The van der Waals surface area contributed by atoms with E-state index < -0.39 is 11.0 Å². The molecule has 0 unspecified atom stereocenters. The minimum Gasteiger partial charge on any atom is -0.444 e. The third kappa shape index (κ3) is 4.65. The normalized spacial score (nSPS) is 26.0. The van der Waals surface area contributed by atoms with Gasteiger partial charge in [0, 0.05) is 19.6 Å². The Morgan fingerprint density at radius 3 is 2.28 bits per heavy atom. The highest BCUT2D eigenvalue weighted by Gasteiger charge is 2.49. The van der Waals surface area contributed by atoms with Crippen molar-refractivity contribution in [1.82, 2.24) is 4.90 Å². The SMILES string of the molecule is CC1CCC(c2ccc(N3CCC4(CCN(C(=O)OC(C)(C)C)CC4)C3=O)c(F)c2)CC1. The van der Waals surface area contributed by atoms with E-state index in [1.807, 2.05) is 26.8 Å². The van der Waals surface area contributed by atoms with E-state index in [0.717, 1.165) is 24.3 Å². The zero-order valence-electron chi connectivity index (χ0n) is 20.0. The second kappa shape index (κ2) is 8.68. The van der Waals surface area contributed by atoms with Gasteiger partial charge in [-0.1, -0.05) is 25.8 Å². The molecule has 2 saturated heterocycles. The smallest absolute Gasteiger partial charge is 0.410 e. The van der Waals surface area contributed by atoms with E-state index in [4.69, 9.17) is 4.74 Å². The molecule has 1 saturated carbocycles. The molecule has 2 amide bonds. The molecule has 1 aromatic carbocycles. The van der Waals surface area contributed by atoms with Crippen molar-refractivity contribution < 1.29 is 18.7 Å². The molecule has 1 aliphatic carbocycles. The molecular weight excluding hydrogens is 407 g/mol. The van der Waals surface area contributed by atoms with Crippen LogP contribution in [0.4, 0.5) is 14.9 Å². The number of anilines is 1. The summed E-state index contributed by atoms with van der Waals surface area (Å²) in [5.74, 6) is 0.889. The molecule has 5 nitrogen and oxygen atoms in total. The van der Waals surface area contributed by atoms with Crippen LogP contribution in [0.5, 0.6) is 0 Å². The second-order valence-electron chi connectivity index (χ2n) is 11.1. The standard InChI is InChI=1S/C26H37FN2O3/c1-18-5-7-19(8-6-18)20-9-10-22(21(27)17-20)29-16-13-26(23(29)30)11-14-28(15-12-26)24(31)32-25(2,3)4/h9-10,17-19H,5-8,11-16H2,1-4H3. The number of nitrogens with zero attached hydrogens (tertiary/aromatic N) is 2. The molecule has 3 aliphatic rings. The fourth-order valence-corrected chi connectivity index (χ4v) is 5.55. The molecule has 6 heteroatoms. The molecule has 1 spiro atoms. The number of likely N-dealkylation sites (tertiary alicyclic amines) is 1. The minimum atomic E-state index is -0.536. The van der Waals surface area contributed by atoms with Crippen LogP contribution in [0.1, 0.15) is 84.1 Å². The lowest BCUT2D eigenvalue weighted by atomic mass is 9.77. The zero-order chi connectivity index (χ0) is 23.1. The Bertz CT molecular complexity index is 862. The maximum Gasteiger partial charge on any atom is 0.410 e. The molecule has 32 heavy (non-hydrogen) atoms. The number of rotatable bonds is 2. The molecule has 2 heterocycles. The summed E-state index contributed by atoms with van der Waals surface area (Å²) in [5, 5.41) is 0. The lowest BCUT2D eigenvalue weighted by molar-refractivity contribution is -0.128. The van der Waals surface area contributed by atoms with Crippen molar-refractivity contribution in [3.05, 3.63) is 29.6 Å². The number of carbonyl (C=O) groups excluding carboxylic acids is 2. The van der Waals surface area contributed by atoms with Crippen molar-refractivity contribution in [2.24, 2.45) is 11.3 Å². The quantitative estimate of drug-likeness (QED) is 0.573. The van der Waals surface area contributed by atoms with Crippen molar-refractivity contribution in [2.45, 2.75) is 84.2 Å². The van der Waals surface area contributed by atoms with E-state index in [-0.39, 0.29) is 17.8 Å². The summed E-state index contributed by atoms with van der Waals surface area (Å²) in [7, 11) is 0. The van der Waals surface area contributed by atoms with Crippen LogP contribution in [0, 0.1) is 17.2 Å². The number of amides is 2. The Hall–Kier alpha value is -2.11. The highest BCUT2D eigenvalue weighted by molar-refractivity contribution is 6.00. The summed E-state index contributed by atoms with van der Waals surface area (Å²) >= 11 is 0. The number of hydrogen-bond donors (Lipinski definition) is 0. The van der Waals surface area contributed by atoms with Crippen LogP contribution in [0.3, 0.4) is 0 Å². The zero-order valence-corrected chi connectivity index (χ0v) is 20.0. The Morgan fingerprint density at radius 2 is 1.69 bits per heavy atom. The van der Waals surface area contributed by atoms with Crippen molar-refractivity contribution in [2.75, 3.05) is 24.5 Å². The van der Waals surface area contributed by atoms with Crippen LogP contribution in [0.2, 0.25) is 0 Å². The number of carbonyl (C=O) groups is 2. The maximum absolute atomic E-state index is 15.1. The van der Waals surface area contributed by atoms with Gasteiger partial charge in [-0.05, 0) is 82.4 Å². The fraction of sp³-hybridized carbons (Fsp3) is 0.692. The fourth-order valence-electron chi connectivity index (χ4n) is 5.55. The Labute approximate surface area is 191 Å². The summed E-state index contributed by atoms with van der Waals surface area (Å²) in [6.45, 7) is 9.36. The molecule has 4 rings (SSSR count). The van der Waals surface area contributed by atoms with Crippen LogP contribution in [-0.4, -0.2) is 42.1 Å². The number of ether oxygens (including phenoxy) is 1. The lowest BCUT2D eigenvalue weighted by Gasteiger charge is -2.38. The van der Waals surface area contributed by atoms with Crippen LogP contribution in [0.15, 0.2) is 18.2 Å². The van der Waals surface area contributed by atoms with Gasteiger partial charge in [-0.2, -0.15) is 0 Å². The highest BCUT2D eigenvalue weighted by Crippen LogP contribution is 2.44. The summed E-state index contributed by atoms with van der Waals surface area (Å²) in [6, 6.07) is 5.47. The molecule has 1 aromatic rings. The van der Waals surface area contributed by atoms with Crippen molar-refractivity contribution in [3.63, 3.8) is 0 Å². The van der Waals surface area contributed by atoms with E-state index in [1.165, 1.54) is 12.8 Å². The first-order valence-corrected chi connectivity index (χ1v) is 12.2. The average molecular weight is 445 g/mol.